The maximum absolute atomic E-state index is 10.8. The van der Waals surface area contributed by atoms with Crippen molar-refractivity contribution in [1.29, 1.82) is 0 Å². The number of aliphatic hydroxyl groups is 1. The summed E-state index contributed by atoms with van der Waals surface area (Å²) < 4.78 is 0. The second kappa shape index (κ2) is 6.56. The molecule has 0 aliphatic carbocycles. The van der Waals surface area contributed by atoms with Crippen molar-refractivity contribution < 1.29 is 10.0 Å². The maximum atomic E-state index is 10.8. The van der Waals surface area contributed by atoms with Crippen molar-refractivity contribution in [2.24, 2.45) is 0 Å². The number of benzene rings is 2. The number of hydrogen-bond acceptors (Lipinski definition) is 4. The molecule has 0 fully saturated rings. The van der Waals surface area contributed by atoms with Gasteiger partial charge in [0.15, 0.2) is 0 Å². The van der Waals surface area contributed by atoms with E-state index in [9.17, 15) is 10.1 Å². The van der Waals surface area contributed by atoms with Crippen LogP contribution in [-0.2, 0) is 6.61 Å². The van der Waals surface area contributed by atoms with E-state index in [-0.39, 0.29) is 18.3 Å². The number of non-ortho nitro benzene ring substituents is 1. The standard InChI is InChI=1S/C15H15ClN2O3/c1-10(12-3-2-4-13(8-12)18(20)21)17-15-7-11(9-19)5-6-14(15)16/h2-8,10,17,19H,9H2,1H3. The largest absolute Gasteiger partial charge is 0.392 e. The van der Waals surface area contributed by atoms with Gasteiger partial charge < -0.3 is 10.4 Å². The second-order valence-electron chi connectivity index (χ2n) is 4.69. The van der Waals surface area contributed by atoms with Gasteiger partial charge in [0.05, 0.1) is 22.2 Å². The highest BCUT2D eigenvalue weighted by atomic mass is 35.5. The zero-order valence-corrected chi connectivity index (χ0v) is 12.2. The Balaban J connectivity index is 2.23. The molecule has 2 aromatic rings. The summed E-state index contributed by atoms with van der Waals surface area (Å²) in [6, 6.07) is 11.5. The zero-order valence-electron chi connectivity index (χ0n) is 11.4. The lowest BCUT2D eigenvalue weighted by Crippen LogP contribution is -2.07. The molecule has 2 N–H and O–H groups in total. The van der Waals surface area contributed by atoms with Crippen LogP contribution in [0.25, 0.3) is 0 Å². The van der Waals surface area contributed by atoms with E-state index < -0.39 is 4.92 Å². The Kier molecular flexibility index (Phi) is 4.77. The van der Waals surface area contributed by atoms with Gasteiger partial charge in [-0.05, 0) is 30.2 Å². The molecule has 2 aromatic carbocycles. The first-order valence-electron chi connectivity index (χ1n) is 6.41. The fourth-order valence-electron chi connectivity index (χ4n) is 2.01. The first-order valence-corrected chi connectivity index (χ1v) is 6.79. The van der Waals surface area contributed by atoms with Gasteiger partial charge in [0.1, 0.15) is 0 Å². The number of rotatable bonds is 5. The normalized spacial score (nSPS) is 12.0. The van der Waals surface area contributed by atoms with Gasteiger partial charge in [-0.15, -0.1) is 0 Å². The molecule has 0 aliphatic rings. The number of nitro groups is 1. The molecule has 0 radical (unpaired) electrons. The number of anilines is 1. The van der Waals surface area contributed by atoms with Crippen LogP contribution in [0.5, 0.6) is 0 Å². The third-order valence-electron chi connectivity index (χ3n) is 3.17. The topological polar surface area (TPSA) is 75.4 Å². The Labute approximate surface area is 127 Å². The van der Waals surface area contributed by atoms with E-state index in [2.05, 4.69) is 5.32 Å². The Morgan fingerprint density at radius 1 is 1.33 bits per heavy atom. The first-order chi connectivity index (χ1) is 10.0. The lowest BCUT2D eigenvalue weighted by molar-refractivity contribution is -0.384. The molecule has 0 saturated carbocycles. The minimum absolute atomic E-state index is 0.0522. The van der Waals surface area contributed by atoms with Gasteiger partial charge in [-0.3, -0.25) is 10.1 Å². The van der Waals surface area contributed by atoms with Crippen LogP contribution in [-0.4, -0.2) is 10.0 Å². The predicted molar refractivity (Wildman–Crippen MR) is 82.5 cm³/mol. The molecular formula is C15H15ClN2O3. The molecule has 1 atom stereocenters. The maximum Gasteiger partial charge on any atom is 0.269 e. The smallest absolute Gasteiger partial charge is 0.269 e. The summed E-state index contributed by atoms with van der Waals surface area (Å²) >= 11 is 6.11. The lowest BCUT2D eigenvalue weighted by Gasteiger charge is -2.17. The van der Waals surface area contributed by atoms with Gasteiger partial charge in [-0.1, -0.05) is 29.8 Å². The molecule has 110 valence electrons. The molecule has 1 unspecified atom stereocenters. The van der Waals surface area contributed by atoms with E-state index in [1.165, 1.54) is 12.1 Å². The van der Waals surface area contributed by atoms with Crippen molar-refractivity contribution in [3.63, 3.8) is 0 Å². The molecule has 21 heavy (non-hydrogen) atoms. The molecule has 6 heteroatoms. The van der Waals surface area contributed by atoms with E-state index in [1.54, 1.807) is 24.3 Å². The minimum Gasteiger partial charge on any atom is -0.392 e. The minimum atomic E-state index is -0.421. The van der Waals surface area contributed by atoms with Gasteiger partial charge in [0.25, 0.3) is 5.69 Å². The SMILES string of the molecule is CC(Nc1cc(CO)ccc1Cl)c1cccc([N+](=O)[O-])c1. The predicted octanol–water partition coefficient (Wildman–Crippen LogP) is 3.91. The summed E-state index contributed by atoms with van der Waals surface area (Å²) in [5.74, 6) is 0. The summed E-state index contributed by atoms with van der Waals surface area (Å²) in [4.78, 5) is 10.4. The molecule has 0 bridgehead atoms. The van der Waals surface area contributed by atoms with Gasteiger partial charge in [0, 0.05) is 18.2 Å². The van der Waals surface area contributed by atoms with Crippen LogP contribution in [0, 0.1) is 10.1 Å². The van der Waals surface area contributed by atoms with Crippen LogP contribution in [0.1, 0.15) is 24.1 Å². The van der Waals surface area contributed by atoms with Gasteiger partial charge in [-0.25, -0.2) is 0 Å². The van der Waals surface area contributed by atoms with E-state index in [0.29, 0.717) is 10.7 Å². The molecule has 0 aliphatic heterocycles. The fraction of sp³-hybridized carbons (Fsp3) is 0.200. The third kappa shape index (κ3) is 3.71. The lowest BCUT2D eigenvalue weighted by atomic mass is 10.1. The van der Waals surface area contributed by atoms with Gasteiger partial charge in [0.2, 0.25) is 0 Å². The second-order valence-corrected chi connectivity index (χ2v) is 5.10. The Morgan fingerprint density at radius 3 is 2.76 bits per heavy atom. The third-order valence-corrected chi connectivity index (χ3v) is 3.50. The summed E-state index contributed by atoms with van der Waals surface area (Å²) in [6.45, 7) is 1.82. The van der Waals surface area contributed by atoms with Crippen molar-refractivity contribution in [2.45, 2.75) is 19.6 Å². The Morgan fingerprint density at radius 2 is 2.10 bits per heavy atom. The quantitative estimate of drug-likeness (QED) is 0.648. The molecular weight excluding hydrogens is 292 g/mol. The molecule has 0 amide bonds. The summed E-state index contributed by atoms with van der Waals surface area (Å²) in [5.41, 5.74) is 2.27. The van der Waals surface area contributed by atoms with Gasteiger partial charge >= 0.3 is 0 Å². The van der Waals surface area contributed by atoms with Crippen LogP contribution in [0.15, 0.2) is 42.5 Å². The molecule has 0 saturated heterocycles. The number of nitrogens with zero attached hydrogens (tertiary/aromatic N) is 1. The highest BCUT2D eigenvalue weighted by molar-refractivity contribution is 6.33. The summed E-state index contributed by atoms with van der Waals surface area (Å²) in [6.07, 6.45) is 0. The molecule has 5 nitrogen and oxygen atoms in total. The van der Waals surface area contributed by atoms with Crippen molar-refractivity contribution in [1.82, 2.24) is 0 Å². The van der Waals surface area contributed by atoms with E-state index >= 15 is 0 Å². The summed E-state index contributed by atoms with van der Waals surface area (Å²) in [7, 11) is 0. The highest BCUT2D eigenvalue weighted by Crippen LogP contribution is 2.28. The monoisotopic (exact) mass is 306 g/mol. The van der Waals surface area contributed by atoms with E-state index in [1.807, 2.05) is 13.0 Å². The molecule has 2 rings (SSSR count). The van der Waals surface area contributed by atoms with Gasteiger partial charge in [-0.2, -0.15) is 0 Å². The first kappa shape index (κ1) is 15.3. The Bertz CT molecular complexity index is 661. The summed E-state index contributed by atoms with van der Waals surface area (Å²) in [5, 5.41) is 23.7. The average molecular weight is 307 g/mol. The Hall–Kier alpha value is -2.11. The van der Waals surface area contributed by atoms with Crippen LogP contribution in [0.4, 0.5) is 11.4 Å². The van der Waals surface area contributed by atoms with Crippen molar-refractivity contribution in [3.8, 4) is 0 Å². The number of hydrogen-bond donors (Lipinski definition) is 2. The number of nitro benzene ring substituents is 1. The van der Waals surface area contributed by atoms with Crippen molar-refractivity contribution >= 4 is 23.0 Å². The van der Waals surface area contributed by atoms with Crippen LogP contribution in [0.3, 0.4) is 0 Å². The van der Waals surface area contributed by atoms with Crippen molar-refractivity contribution in [2.75, 3.05) is 5.32 Å². The van der Waals surface area contributed by atoms with Crippen LogP contribution >= 0.6 is 11.6 Å². The number of halogens is 1. The van der Waals surface area contributed by atoms with E-state index in [0.717, 1.165) is 11.1 Å². The van der Waals surface area contributed by atoms with Crippen LogP contribution < -0.4 is 5.32 Å². The van der Waals surface area contributed by atoms with E-state index in [4.69, 9.17) is 16.7 Å². The zero-order chi connectivity index (χ0) is 15.4. The molecule has 0 aromatic heterocycles. The molecule has 0 heterocycles. The fourth-order valence-corrected chi connectivity index (χ4v) is 2.18. The average Bonchev–Trinajstić information content (AvgIpc) is 2.49. The van der Waals surface area contributed by atoms with Crippen LogP contribution in [0.2, 0.25) is 5.02 Å². The number of nitrogens with one attached hydrogen (secondary N) is 1. The molecule has 0 spiro atoms. The highest BCUT2D eigenvalue weighted by Gasteiger charge is 2.12. The van der Waals surface area contributed by atoms with Crippen molar-refractivity contribution in [3.05, 3.63) is 68.7 Å². The number of aliphatic hydroxyl groups excluding tert-OH is 1.